The van der Waals surface area contributed by atoms with E-state index >= 15 is 0 Å². The maximum atomic E-state index is 5.66. The number of nitrogens with zero attached hydrogens (tertiary/aromatic N) is 3. The van der Waals surface area contributed by atoms with Crippen LogP contribution in [0.4, 0.5) is 0 Å². The van der Waals surface area contributed by atoms with Crippen molar-refractivity contribution in [3.05, 3.63) is 17.3 Å². The van der Waals surface area contributed by atoms with Crippen LogP contribution >= 0.6 is 0 Å². The lowest BCUT2D eigenvalue weighted by atomic mass is 10.1. The number of imidazole rings is 1. The first-order valence-electron chi connectivity index (χ1n) is 8.71. The molecule has 7 heteroatoms. The molecule has 140 valence electrons. The second kappa shape index (κ2) is 6.90. The number of methoxy groups -OCH3 is 3. The summed E-state index contributed by atoms with van der Waals surface area (Å²) < 4.78 is 18.6. The van der Waals surface area contributed by atoms with Gasteiger partial charge in [-0.05, 0) is 38.8 Å². The Morgan fingerprint density at radius 1 is 1.12 bits per heavy atom. The van der Waals surface area contributed by atoms with E-state index < -0.39 is 0 Å². The minimum Gasteiger partial charge on any atom is -0.493 e. The first-order chi connectivity index (χ1) is 12.5. The number of H-pyrrole nitrogens is 1. The zero-order chi connectivity index (χ0) is 19.0. The lowest BCUT2D eigenvalue weighted by Gasteiger charge is -2.17. The molecule has 3 rings (SSSR count). The standard InChI is InChI=1S/C19H26N4O3/c1-8-11(3)23-19-15(12(4)22-23)20-18(21-19)14-10(2)9-13(24-5)16(25-6)17(14)26-7/h9,11H,8H2,1-7H3,(H,20,21). The fraction of sp³-hybridized carbons (Fsp3) is 0.474. The molecule has 26 heavy (non-hydrogen) atoms. The molecule has 0 amide bonds. The van der Waals surface area contributed by atoms with Crippen molar-refractivity contribution in [1.82, 2.24) is 19.7 Å². The van der Waals surface area contributed by atoms with Crippen LogP contribution in [0.25, 0.3) is 22.6 Å². The van der Waals surface area contributed by atoms with Crippen molar-refractivity contribution in [2.24, 2.45) is 0 Å². The summed E-state index contributed by atoms with van der Waals surface area (Å²) in [6, 6.07) is 2.20. The number of fused-ring (bicyclic) bond motifs is 1. The van der Waals surface area contributed by atoms with Crippen LogP contribution in [0.15, 0.2) is 6.07 Å². The summed E-state index contributed by atoms with van der Waals surface area (Å²) in [5.74, 6) is 2.51. The third-order valence-corrected chi connectivity index (χ3v) is 4.79. The number of hydrogen-bond donors (Lipinski definition) is 1. The predicted octanol–water partition coefficient (Wildman–Crippen LogP) is 4.04. The van der Waals surface area contributed by atoms with E-state index in [9.17, 15) is 0 Å². The number of ether oxygens (including phenoxy) is 3. The van der Waals surface area contributed by atoms with E-state index in [4.69, 9.17) is 19.2 Å². The van der Waals surface area contributed by atoms with Gasteiger partial charge in [0.1, 0.15) is 11.3 Å². The van der Waals surface area contributed by atoms with Crippen molar-refractivity contribution in [3.8, 4) is 28.6 Å². The van der Waals surface area contributed by atoms with Crippen LogP contribution in [0, 0.1) is 13.8 Å². The normalized spacial score (nSPS) is 12.4. The van der Waals surface area contributed by atoms with Crippen LogP contribution in [0.5, 0.6) is 17.2 Å². The van der Waals surface area contributed by atoms with E-state index in [1.165, 1.54) is 0 Å². The minimum atomic E-state index is 0.274. The van der Waals surface area contributed by atoms with Crippen LogP contribution in [0.2, 0.25) is 0 Å². The molecule has 1 N–H and O–H groups in total. The van der Waals surface area contributed by atoms with Crippen LogP contribution in [-0.4, -0.2) is 41.1 Å². The van der Waals surface area contributed by atoms with Gasteiger partial charge in [-0.25, -0.2) is 9.67 Å². The molecule has 0 radical (unpaired) electrons. The number of nitrogens with one attached hydrogen (secondary N) is 1. The van der Waals surface area contributed by atoms with E-state index in [0.29, 0.717) is 17.2 Å². The third-order valence-electron chi connectivity index (χ3n) is 4.79. The van der Waals surface area contributed by atoms with Crippen molar-refractivity contribution in [1.29, 1.82) is 0 Å². The second-order valence-electron chi connectivity index (χ2n) is 6.41. The maximum absolute atomic E-state index is 5.66. The molecule has 0 saturated heterocycles. The number of hydrogen-bond acceptors (Lipinski definition) is 5. The Morgan fingerprint density at radius 2 is 1.81 bits per heavy atom. The molecule has 2 aromatic heterocycles. The van der Waals surface area contributed by atoms with Gasteiger partial charge in [0.2, 0.25) is 5.75 Å². The summed E-state index contributed by atoms with van der Waals surface area (Å²) in [4.78, 5) is 8.25. The summed E-state index contributed by atoms with van der Waals surface area (Å²) in [6.45, 7) is 8.27. The second-order valence-corrected chi connectivity index (χ2v) is 6.41. The summed E-state index contributed by atoms with van der Waals surface area (Å²) in [6.07, 6.45) is 0.983. The zero-order valence-corrected chi connectivity index (χ0v) is 16.4. The molecule has 0 saturated carbocycles. The molecule has 0 aliphatic carbocycles. The van der Waals surface area contributed by atoms with E-state index in [1.807, 2.05) is 24.6 Å². The van der Waals surface area contributed by atoms with Crippen molar-refractivity contribution in [2.75, 3.05) is 21.3 Å². The first-order valence-corrected chi connectivity index (χ1v) is 8.71. The Hall–Kier alpha value is -2.70. The lowest BCUT2D eigenvalue weighted by Crippen LogP contribution is -2.06. The SMILES string of the molecule is CCC(C)n1nc(C)c2[nH]c(-c3c(C)cc(OC)c(OC)c3OC)nc21. The molecule has 1 atom stereocenters. The van der Waals surface area contributed by atoms with E-state index in [0.717, 1.165) is 40.2 Å². The number of aryl methyl sites for hydroxylation is 2. The van der Waals surface area contributed by atoms with Gasteiger partial charge in [0.15, 0.2) is 17.1 Å². The van der Waals surface area contributed by atoms with Crippen LogP contribution < -0.4 is 14.2 Å². The number of aromatic nitrogens is 4. The Kier molecular flexibility index (Phi) is 4.80. The van der Waals surface area contributed by atoms with Crippen LogP contribution in [0.1, 0.15) is 37.6 Å². The summed E-state index contributed by atoms with van der Waals surface area (Å²) in [5.41, 5.74) is 4.56. The summed E-state index contributed by atoms with van der Waals surface area (Å²) in [5, 5.41) is 4.63. The molecule has 0 aliphatic rings. The molecule has 0 bridgehead atoms. The molecule has 1 unspecified atom stereocenters. The average Bonchev–Trinajstić information content (AvgIpc) is 3.20. The van der Waals surface area contributed by atoms with Gasteiger partial charge in [0.25, 0.3) is 0 Å². The Morgan fingerprint density at radius 3 is 2.38 bits per heavy atom. The topological polar surface area (TPSA) is 74.2 Å². The molecule has 1 aromatic carbocycles. The molecule has 3 aromatic rings. The fourth-order valence-electron chi connectivity index (χ4n) is 3.21. The molecule has 7 nitrogen and oxygen atoms in total. The van der Waals surface area contributed by atoms with Gasteiger partial charge in [-0.3, -0.25) is 0 Å². The summed E-state index contributed by atoms with van der Waals surface area (Å²) in [7, 11) is 4.83. The van der Waals surface area contributed by atoms with E-state index in [-0.39, 0.29) is 6.04 Å². The maximum Gasteiger partial charge on any atom is 0.204 e. The first kappa shape index (κ1) is 18.1. The highest BCUT2D eigenvalue weighted by Crippen LogP contribution is 2.46. The average molecular weight is 358 g/mol. The summed E-state index contributed by atoms with van der Waals surface area (Å²) >= 11 is 0. The van der Waals surface area contributed by atoms with Crippen molar-refractivity contribution in [3.63, 3.8) is 0 Å². The highest BCUT2D eigenvalue weighted by Gasteiger charge is 2.24. The van der Waals surface area contributed by atoms with Crippen LogP contribution in [0.3, 0.4) is 0 Å². The van der Waals surface area contributed by atoms with Gasteiger partial charge >= 0.3 is 0 Å². The third kappa shape index (κ3) is 2.67. The monoisotopic (exact) mass is 358 g/mol. The van der Waals surface area contributed by atoms with E-state index in [2.05, 4.69) is 23.9 Å². The smallest absolute Gasteiger partial charge is 0.204 e. The quantitative estimate of drug-likeness (QED) is 0.720. The van der Waals surface area contributed by atoms with Gasteiger partial charge in [0.05, 0.1) is 38.6 Å². The van der Waals surface area contributed by atoms with Gasteiger partial charge in [0, 0.05) is 0 Å². The molecular formula is C19H26N4O3. The van der Waals surface area contributed by atoms with Gasteiger partial charge in [-0.15, -0.1) is 0 Å². The van der Waals surface area contributed by atoms with Gasteiger partial charge < -0.3 is 19.2 Å². The van der Waals surface area contributed by atoms with Crippen molar-refractivity contribution >= 4 is 11.2 Å². The highest BCUT2D eigenvalue weighted by molar-refractivity contribution is 5.83. The van der Waals surface area contributed by atoms with Gasteiger partial charge in [-0.2, -0.15) is 5.10 Å². The van der Waals surface area contributed by atoms with Crippen LogP contribution in [-0.2, 0) is 0 Å². The Bertz CT molecular complexity index is 942. The lowest BCUT2D eigenvalue weighted by molar-refractivity contribution is 0.325. The van der Waals surface area contributed by atoms with Crippen molar-refractivity contribution < 1.29 is 14.2 Å². The van der Waals surface area contributed by atoms with Gasteiger partial charge in [-0.1, -0.05) is 6.92 Å². The molecule has 0 fully saturated rings. The Balaban J connectivity index is 2.27. The minimum absolute atomic E-state index is 0.274. The number of benzene rings is 1. The highest BCUT2D eigenvalue weighted by atomic mass is 16.5. The Labute approximate surface area is 153 Å². The molecular weight excluding hydrogens is 332 g/mol. The largest absolute Gasteiger partial charge is 0.493 e. The van der Waals surface area contributed by atoms with E-state index in [1.54, 1.807) is 21.3 Å². The molecule has 0 spiro atoms. The van der Waals surface area contributed by atoms with Crippen molar-refractivity contribution in [2.45, 2.75) is 40.2 Å². The molecule has 0 aliphatic heterocycles. The molecule has 2 heterocycles. The number of rotatable bonds is 6. The fourth-order valence-corrected chi connectivity index (χ4v) is 3.21. The zero-order valence-electron chi connectivity index (χ0n) is 16.4. The predicted molar refractivity (Wildman–Crippen MR) is 101 cm³/mol. The number of aromatic amines is 1.